The molecule has 0 saturated heterocycles. The molecule has 3 rings (SSSR count). The summed E-state index contributed by atoms with van der Waals surface area (Å²) < 4.78 is 23.9. The highest BCUT2D eigenvalue weighted by molar-refractivity contribution is 8.00. The number of carbonyl (C=O) groups is 1. The summed E-state index contributed by atoms with van der Waals surface area (Å²) in [6, 6.07) is 8.30. The van der Waals surface area contributed by atoms with Crippen molar-refractivity contribution in [3.63, 3.8) is 0 Å². The van der Waals surface area contributed by atoms with Crippen LogP contribution < -0.4 is 0 Å². The molecule has 1 heterocycles. The molecule has 1 aliphatic rings. The lowest BCUT2D eigenvalue weighted by Gasteiger charge is -2.19. The van der Waals surface area contributed by atoms with Crippen LogP contribution in [0.5, 0.6) is 0 Å². The van der Waals surface area contributed by atoms with Crippen LogP contribution in [0.4, 0.5) is 0 Å². The molecule has 0 unspecified atom stereocenters. The van der Waals surface area contributed by atoms with E-state index in [4.69, 9.17) is 23.2 Å². The standard InChI is InChI=1S/C19H19Cl2NO3S2/c1-11(2)26-18-5-4-14(27(3,24)25)8-15(18)19(23)22-9-12-6-16(20)17(21)7-13(12)10-22/h4-8,11H,9-10H2,1-3H3. The SMILES string of the molecule is CC(C)Sc1ccc(S(C)(=O)=O)cc1C(=O)N1Cc2cc(Cl)c(Cl)cc2C1. The Morgan fingerprint density at radius 1 is 1.07 bits per heavy atom. The minimum absolute atomic E-state index is 0.141. The summed E-state index contributed by atoms with van der Waals surface area (Å²) in [5.74, 6) is -0.202. The number of hydrogen-bond acceptors (Lipinski definition) is 4. The number of fused-ring (bicyclic) bond motifs is 1. The Hall–Kier alpha value is -1.21. The first-order chi connectivity index (χ1) is 12.6. The normalized spacial score (nSPS) is 13.9. The van der Waals surface area contributed by atoms with E-state index in [0.29, 0.717) is 28.7 Å². The predicted molar refractivity (Wildman–Crippen MR) is 111 cm³/mol. The first-order valence-electron chi connectivity index (χ1n) is 8.33. The highest BCUT2D eigenvalue weighted by Crippen LogP contribution is 2.34. The van der Waals surface area contributed by atoms with Gasteiger partial charge in [-0.1, -0.05) is 37.0 Å². The van der Waals surface area contributed by atoms with E-state index in [1.807, 2.05) is 13.8 Å². The van der Waals surface area contributed by atoms with E-state index in [1.54, 1.807) is 29.2 Å². The molecule has 27 heavy (non-hydrogen) atoms. The van der Waals surface area contributed by atoms with E-state index < -0.39 is 9.84 Å². The zero-order chi connectivity index (χ0) is 19.9. The molecule has 0 aliphatic carbocycles. The Balaban J connectivity index is 1.98. The third kappa shape index (κ3) is 4.45. The van der Waals surface area contributed by atoms with E-state index in [2.05, 4.69) is 0 Å². The van der Waals surface area contributed by atoms with Gasteiger partial charge in [-0.25, -0.2) is 8.42 Å². The number of thioether (sulfide) groups is 1. The maximum atomic E-state index is 13.2. The zero-order valence-corrected chi connectivity index (χ0v) is 18.3. The topological polar surface area (TPSA) is 54.5 Å². The van der Waals surface area contributed by atoms with Gasteiger partial charge in [-0.05, 0) is 41.5 Å². The minimum atomic E-state index is -3.41. The molecular formula is C19H19Cl2NO3S2. The summed E-state index contributed by atoms with van der Waals surface area (Å²) in [6.45, 7) is 4.89. The molecule has 8 heteroatoms. The van der Waals surface area contributed by atoms with E-state index >= 15 is 0 Å². The molecule has 2 aromatic carbocycles. The van der Waals surface area contributed by atoms with E-state index in [-0.39, 0.29) is 16.1 Å². The molecule has 1 amide bonds. The van der Waals surface area contributed by atoms with Crippen LogP contribution in [0.15, 0.2) is 40.1 Å². The maximum absolute atomic E-state index is 13.2. The second-order valence-corrected chi connectivity index (χ2v) is 11.2. The van der Waals surface area contributed by atoms with E-state index in [9.17, 15) is 13.2 Å². The number of halogens is 2. The number of nitrogens with zero attached hydrogens (tertiary/aromatic N) is 1. The third-order valence-electron chi connectivity index (χ3n) is 4.22. The zero-order valence-electron chi connectivity index (χ0n) is 15.1. The Morgan fingerprint density at radius 3 is 2.11 bits per heavy atom. The fraction of sp³-hybridized carbons (Fsp3) is 0.316. The summed E-state index contributed by atoms with van der Waals surface area (Å²) >= 11 is 13.7. The molecule has 0 aromatic heterocycles. The van der Waals surface area contributed by atoms with Crippen LogP contribution in [0.1, 0.15) is 35.3 Å². The van der Waals surface area contributed by atoms with Gasteiger partial charge in [0.2, 0.25) is 0 Å². The van der Waals surface area contributed by atoms with Gasteiger partial charge < -0.3 is 4.90 Å². The maximum Gasteiger partial charge on any atom is 0.255 e. The first-order valence-corrected chi connectivity index (χ1v) is 11.9. The van der Waals surface area contributed by atoms with Crippen molar-refractivity contribution in [3.05, 3.63) is 57.1 Å². The minimum Gasteiger partial charge on any atom is -0.330 e. The van der Waals surface area contributed by atoms with Crippen molar-refractivity contribution in [2.24, 2.45) is 0 Å². The Kier molecular flexibility index (Phi) is 5.82. The average molecular weight is 444 g/mol. The molecule has 2 aromatic rings. The lowest BCUT2D eigenvalue weighted by molar-refractivity contribution is 0.0747. The van der Waals surface area contributed by atoms with Gasteiger partial charge in [-0.15, -0.1) is 11.8 Å². The monoisotopic (exact) mass is 443 g/mol. The number of amides is 1. The molecule has 0 spiro atoms. The quantitative estimate of drug-likeness (QED) is 0.619. The summed E-state index contributed by atoms with van der Waals surface area (Å²) in [7, 11) is -3.41. The molecule has 0 saturated carbocycles. The van der Waals surface area contributed by atoms with Crippen molar-refractivity contribution < 1.29 is 13.2 Å². The number of hydrogen-bond donors (Lipinski definition) is 0. The largest absolute Gasteiger partial charge is 0.330 e. The molecule has 1 aliphatic heterocycles. The van der Waals surface area contributed by atoms with Crippen LogP contribution in [0.25, 0.3) is 0 Å². The average Bonchev–Trinajstić information content (AvgIpc) is 2.96. The fourth-order valence-electron chi connectivity index (χ4n) is 2.97. The predicted octanol–water partition coefficient (Wildman–Crippen LogP) is 5.05. The van der Waals surface area contributed by atoms with E-state index in [0.717, 1.165) is 22.3 Å². The summed E-state index contributed by atoms with van der Waals surface area (Å²) in [5.41, 5.74) is 2.31. The second-order valence-electron chi connectivity index (χ2n) is 6.79. The molecule has 4 nitrogen and oxygen atoms in total. The van der Waals surface area contributed by atoms with Crippen molar-refractivity contribution in [1.82, 2.24) is 4.90 Å². The van der Waals surface area contributed by atoms with Crippen molar-refractivity contribution >= 4 is 50.7 Å². The Morgan fingerprint density at radius 2 is 1.63 bits per heavy atom. The van der Waals surface area contributed by atoms with Crippen LogP contribution in [0.2, 0.25) is 10.0 Å². The highest BCUT2D eigenvalue weighted by atomic mass is 35.5. The molecule has 0 radical (unpaired) electrons. The van der Waals surface area contributed by atoms with Crippen LogP contribution in [-0.4, -0.2) is 30.7 Å². The van der Waals surface area contributed by atoms with Gasteiger partial charge >= 0.3 is 0 Å². The smallest absolute Gasteiger partial charge is 0.255 e. The van der Waals surface area contributed by atoms with Crippen molar-refractivity contribution in [3.8, 4) is 0 Å². The third-order valence-corrected chi connectivity index (χ3v) is 7.14. The van der Waals surface area contributed by atoms with Crippen LogP contribution in [0.3, 0.4) is 0 Å². The number of sulfone groups is 1. The van der Waals surface area contributed by atoms with Crippen molar-refractivity contribution in [2.75, 3.05) is 6.26 Å². The molecular weight excluding hydrogens is 425 g/mol. The van der Waals surface area contributed by atoms with Gasteiger partial charge in [-0.3, -0.25) is 4.79 Å². The number of benzene rings is 2. The van der Waals surface area contributed by atoms with Gasteiger partial charge in [0.05, 0.1) is 20.5 Å². The fourth-order valence-corrected chi connectivity index (χ4v) is 4.92. The summed E-state index contributed by atoms with van der Waals surface area (Å²) in [4.78, 5) is 15.8. The van der Waals surface area contributed by atoms with Crippen molar-refractivity contribution in [2.45, 2.75) is 42.0 Å². The van der Waals surface area contributed by atoms with Gasteiger partial charge in [-0.2, -0.15) is 0 Å². The Labute approximate surface area is 173 Å². The van der Waals surface area contributed by atoms with E-state index in [1.165, 1.54) is 17.8 Å². The Bertz CT molecular complexity index is 989. The van der Waals surface area contributed by atoms with Gasteiger partial charge in [0.15, 0.2) is 9.84 Å². The molecule has 144 valence electrons. The molecule has 0 fully saturated rings. The van der Waals surface area contributed by atoms with Crippen molar-refractivity contribution in [1.29, 1.82) is 0 Å². The van der Waals surface area contributed by atoms with Gasteiger partial charge in [0, 0.05) is 29.5 Å². The summed E-state index contributed by atoms with van der Waals surface area (Å²) in [6.07, 6.45) is 1.14. The molecule has 0 bridgehead atoms. The number of carbonyl (C=O) groups excluding carboxylic acids is 1. The van der Waals surface area contributed by atoms with Crippen LogP contribution in [-0.2, 0) is 22.9 Å². The lowest BCUT2D eigenvalue weighted by Crippen LogP contribution is -2.26. The lowest BCUT2D eigenvalue weighted by atomic mass is 10.1. The number of rotatable bonds is 4. The van der Waals surface area contributed by atoms with Gasteiger partial charge in [0.25, 0.3) is 5.91 Å². The van der Waals surface area contributed by atoms with Gasteiger partial charge in [0.1, 0.15) is 0 Å². The second kappa shape index (κ2) is 7.66. The molecule has 0 atom stereocenters. The summed E-state index contributed by atoms with van der Waals surface area (Å²) in [5, 5.41) is 1.17. The van der Waals surface area contributed by atoms with Crippen LogP contribution in [0, 0.1) is 0 Å². The first kappa shape index (κ1) is 20.5. The van der Waals surface area contributed by atoms with Crippen LogP contribution >= 0.6 is 35.0 Å². The highest BCUT2D eigenvalue weighted by Gasteiger charge is 2.28. The molecule has 0 N–H and O–H groups in total.